The monoisotopic (exact) mass is 445 g/mol. The molecule has 0 saturated heterocycles. The summed E-state index contributed by atoms with van der Waals surface area (Å²) in [5.41, 5.74) is -2.67. The fourth-order valence-corrected chi connectivity index (χ4v) is 4.68. The van der Waals surface area contributed by atoms with Gasteiger partial charge in [0.15, 0.2) is 0 Å². The zero-order valence-electron chi connectivity index (χ0n) is 17.2. The van der Waals surface area contributed by atoms with Crippen LogP contribution in [0.2, 0.25) is 0 Å². The van der Waals surface area contributed by atoms with E-state index in [1.54, 1.807) is 13.8 Å². The molecule has 0 aliphatic heterocycles. The molecule has 166 valence electrons. The number of hydrogen-bond donors (Lipinski definition) is 2. The third-order valence-corrected chi connectivity index (χ3v) is 5.97. The molecule has 2 rings (SSSR count). The van der Waals surface area contributed by atoms with Gasteiger partial charge in [0.05, 0.1) is 12.2 Å². The second-order valence-corrected chi connectivity index (χ2v) is 8.72. The standard InChI is InChI=1S/C20H26F3N3O3S/c1-4-29-18(28)19(20(21,22)23,25-16(27)10-12(2)3)26-17-14(11-24)13-8-6-5-7-9-15(13)30-17/h12,26H,4-10H2,1-3H3,(H,25,27). The highest BCUT2D eigenvalue weighted by atomic mass is 32.1. The smallest absolute Gasteiger partial charge is 0.441 e. The van der Waals surface area contributed by atoms with Crippen molar-refractivity contribution in [2.75, 3.05) is 11.9 Å². The summed E-state index contributed by atoms with van der Waals surface area (Å²) in [6.07, 6.45) is -1.46. The SMILES string of the molecule is CCOC(=O)C(NC(=O)CC(C)C)(Nc1sc2c(c1C#N)CCCCC2)C(F)(F)F. The van der Waals surface area contributed by atoms with Gasteiger partial charge in [0.1, 0.15) is 11.1 Å². The van der Waals surface area contributed by atoms with E-state index in [1.165, 1.54) is 6.92 Å². The van der Waals surface area contributed by atoms with Gasteiger partial charge < -0.3 is 15.4 Å². The van der Waals surface area contributed by atoms with Crippen LogP contribution >= 0.6 is 11.3 Å². The van der Waals surface area contributed by atoms with Gasteiger partial charge in [-0.05, 0) is 44.1 Å². The number of nitrogens with one attached hydrogen (secondary N) is 2. The first-order valence-electron chi connectivity index (χ1n) is 9.93. The second kappa shape index (κ2) is 9.69. The van der Waals surface area contributed by atoms with Crippen LogP contribution in [-0.4, -0.2) is 30.3 Å². The summed E-state index contributed by atoms with van der Waals surface area (Å²) >= 11 is 1.03. The largest absolute Gasteiger partial charge is 0.463 e. The number of nitrogens with zero attached hydrogens (tertiary/aromatic N) is 1. The Bertz CT molecular complexity index is 830. The number of thiophene rings is 1. The number of hydrogen-bond acceptors (Lipinski definition) is 6. The molecule has 1 atom stereocenters. The Morgan fingerprint density at radius 3 is 2.47 bits per heavy atom. The van der Waals surface area contributed by atoms with E-state index in [4.69, 9.17) is 4.74 Å². The Hall–Kier alpha value is -2.28. The van der Waals surface area contributed by atoms with Crippen LogP contribution in [0.4, 0.5) is 18.2 Å². The minimum atomic E-state index is -5.21. The van der Waals surface area contributed by atoms with Crippen molar-refractivity contribution < 1.29 is 27.5 Å². The molecular weight excluding hydrogens is 419 g/mol. The minimum Gasteiger partial charge on any atom is -0.463 e. The summed E-state index contributed by atoms with van der Waals surface area (Å²) in [6, 6.07) is 1.98. The highest BCUT2D eigenvalue weighted by molar-refractivity contribution is 7.16. The number of halogens is 3. The Morgan fingerprint density at radius 1 is 1.23 bits per heavy atom. The molecule has 1 heterocycles. The lowest BCUT2D eigenvalue weighted by molar-refractivity contribution is -0.207. The van der Waals surface area contributed by atoms with Crippen molar-refractivity contribution >= 4 is 28.2 Å². The number of ether oxygens (including phenoxy) is 1. The summed E-state index contributed by atoms with van der Waals surface area (Å²) < 4.78 is 47.5. The molecule has 0 bridgehead atoms. The topological polar surface area (TPSA) is 91.2 Å². The van der Waals surface area contributed by atoms with Crippen LogP contribution in [0.5, 0.6) is 0 Å². The summed E-state index contributed by atoms with van der Waals surface area (Å²) in [6.45, 7) is 4.43. The number of aryl methyl sites for hydroxylation is 1. The maximum absolute atomic E-state index is 14.3. The maximum Gasteiger partial charge on any atom is 0.441 e. The van der Waals surface area contributed by atoms with E-state index in [1.807, 2.05) is 11.4 Å². The third-order valence-electron chi connectivity index (χ3n) is 4.76. The maximum atomic E-state index is 14.3. The first-order valence-corrected chi connectivity index (χ1v) is 10.7. The molecule has 1 amide bonds. The number of alkyl halides is 3. The van der Waals surface area contributed by atoms with Crippen LogP contribution in [0.25, 0.3) is 0 Å². The first kappa shape index (κ1) is 24.0. The van der Waals surface area contributed by atoms with E-state index in [0.29, 0.717) is 12.8 Å². The van der Waals surface area contributed by atoms with Crippen molar-refractivity contribution in [1.29, 1.82) is 5.26 Å². The Balaban J connectivity index is 2.55. The van der Waals surface area contributed by atoms with Gasteiger partial charge in [-0.1, -0.05) is 20.3 Å². The van der Waals surface area contributed by atoms with E-state index < -0.39 is 23.7 Å². The number of esters is 1. The van der Waals surface area contributed by atoms with Crippen molar-refractivity contribution in [3.05, 3.63) is 16.0 Å². The molecule has 0 radical (unpaired) electrons. The average Bonchev–Trinajstić information content (AvgIpc) is 2.79. The third kappa shape index (κ3) is 5.06. The molecule has 6 nitrogen and oxygen atoms in total. The molecule has 1 aliphatic rings. The number of carbonyl (C=O) groups is 2. The predicted molar refractivity (Wildman–Crippen MR) is 107 cm³/mol. The summed E-state index contributed by atoms with van der Waals surface area (Å²) in [4.78, 5) is 25.7. The van der Waals surface area contributed by atoms with Crippen LogP contribution in [0.3, 0.4) is 0 Å². The number of rotatable bonds is 7. The fraction of sp³-hybridized carbons (Fsp3) is 0.650. The van der Waals surface area contributed by atoms with Gasteiger partial charge in [-0.3, -0.25) is 4.79 Å². The van der Waals surface area contributed by atoms with E-state index in [0.717, 1.165) is 41.0 Å². The van der Waals surface area contributed by atoms with Crippen LogP contribution in [0.15, 0.2) is 0 Å². The van der Waals surface area contributed by atoms with Gasteiger partial charge in [-0.15, -0.1) is 11.3 Å². The van der Waals surface area contributed by atoms with E-state index in [9.17, 15) is 28.0 Å². The van der Waals surface area contributed by atoms with Crippen molar-refractivity contribution in [2.45, 2.75) is 71.1 Å². The van der Waals surface area contributed by atoms with Gasteiger partial charge in [0.25, 0.3) is 0 Å². The van der Waals surface area contributed by atoms with Gasteiger partial charge >= 0.3 is 17.8 Å². The number of amides is 1. The van der Waals surface area contributed by atoms with E-state index in [-0.39, 0.29) is 29.5 Å². The van der Waals surface area contributed by atoms with Crippen molar-refractivity contribution in [1.82, 2.24) is 5.32 Å². The van der Waals surface area contributed by atoms with Crippen LogP contribution in [0.1, 0.15) is 62.5 Å². The quantitative estimate of drug-likeness (QED) is 0.371. The molecule has 30 heavy (non-hydrogen) atoms. The average molecular weight is 446 g/mol. The molecule has 2 N–H and O–H groups in total. The van der Waals surface area contributed by atoms with Gasteiger partial charge in [-0.25, -0.2) is 4.79 Å². The lowest BCUT2D eigenvalue weighted by Gasteiger charge is -2.35. The molecule has 1 aromatic heterocycles. The highest BCUT2D eigenvalue weighted by Crippen LogP contribution is 2.41. The molecule has 1 unspecified atom stereocenters. The molecular formula is C20H26F3N3O3S. The minimum absolute atomic E-state index is 0.0837. The van der Waals surface area contributed by atoms with Crippen molar-refractivity contribution in [3.8, 4) is 6.07 Å². The van der Waals surface area contributed by atoms with Gasteiger partial charge in [0, 0.05) is 11.3 Å². The van der Waals surface area contributed by atoms with E-state index >= 15 is 0 Å². The van der Waals surface area contributed by atoms with Crippen LogP contribution in [0, 0.1) is 17.2 Å². The lowest BCUT2D eigenvalue weighted by Crippen LogP contribution is -2.69. The number of anilines is 1. The molecule has 0 saturated carbocycles. The molecule has 0 fully saturated rings. The summed E-state index contributed by atoms with van der Waals surface area (Å²) in [5, 5.41) is 13.6. The first-order chi connectivity index (χ1) is 14.1. The molecule has 1 aromatic rings. The number of fused-ring (bicyclic) bond motifs is 1. The highest BCUT2D eigenvalue weighted by Gasteiger charge is 2.64. The fourth-order valence-electron chi connectivity index (χ4n) is 3.38. The normalized spacial score (nSPS) is 16.1. The van der Waals surface area contributed by atoms with Crippen molar-refractivity contribution in [3.63, 3.8) is 0 Å². The van der Waals surface area contributed by atoms with Crippen LogP contribution in [-0.2, 0) is 27.2 Å². The number of nitriles is 1. The predicted octanol–water partition coefficient (Wildman–Crippen LogP) is 4.28. The molecule has 0 spiro atoms. The number of carbonyl (C=O) groups excluding carboxylic acids is 2. The van der Waals surface area contributed by atoms with Crippen molar-refractivity contribution in [2.24, 2.45) is 5.92 Å². The summed E-state index contributed by atoms with van der Waals surface area (Å²) in [5.74, 6) is -2.83. The Kier molecular flexibility index (Phi) is 7.75. The lowest BCUT2D eigenvalue weighted by atomic mass is 10.0. The van der Waals surface area contributed by atoms with Gasteiger partial charge in [0.2, 0.25) is 5.91 Å². The zero-order valence-corrected chi connectivity index (χ0v) is 18.1. The molecule has 1 aliphatic carbocycles. The second-order valence-electron chi connectivity index (χ2n) is 7.62. The Labute approximate surface area is 177 Å². The molecule has 10 heteroatoms. The van der Waals surface area contributed by atoms with Crippen LogP contribution < -0.4 is 10.6 Å². The Morgan fingerprint density at radius 2 is 1.90 bits per heavy atom. The zero-order chi connectivity index (χ0) is 22.5. The summed E-state index contributed by atoms with van der Waals surface area (Å²) in [7, 11) is 0. The van der Waals surface area contributed by atoms with E-state index in [2.05, 4.69) is 5.32 Å². The van der Waals surface area contributed by atoms with Gasteiger partial charge in [-0.2, -0.15) is 18.4 Å². The molecule has 0 aromatic carbocycles.